The first-order chi connectivity index (χ1) is 4.93. The van der Waals surface area contributed by atoms with Crippen molar-refractivity contribution in [2.24, 2.45) is 0 Å². The summed E-state index contributed by atoms with van der Waals surface area (Å²) in [4.78, 5) is 0. The highest BCUT2D eigenvalue weighted by molar-refractivity contribution is 5.05. The Balaban J connectivity index is 2.31. The van der Waals surface area contributed by atoms with Gasteiger partial charge in [0.1, 0.15) is 0 Å². The third-order valence-corrected chi connectivity index (χ3v) is 2.10. The van der Waals surface area contributed by atoms with Gasteiger partial charge in [-0.25, -0.2) is 0 Å². The first-order valence-corrected chi connectivity index (χ1v) is 4.39. The molecule has 0 N–H and O–H groups in total. The maximum absolute atomic E-state index is 2.44. The van der Waals surface area contributed by atoms with Crippen molar-refractivity contribution < 1.29 is 0 Å². The minimum absolute atomic E-state index is 1.22. The van der Waals surface area contributed by atoms with Gasteiger partial charge in [-0.05, 0) is 38.5 Å². The SMILES string of the molecule is C[CH]CC1=CCCCCC1. The second-order valence-electron chi connectivity index (χ2n) is 3.07. The molecule has 0 heteroatoms. The quantitative estimate of drug-likeness (QED) is 0.511. The normalized spacial score (nSPS) is 19.9. The fourth-order valence-corrected chi connectivity index (χ4v) is 1.53. The Morgan fingerprint density at radius 3 is 3.10 bits per heavy atom. The maximum atomic E-state index is 2.44. The molecule has 0 bridgehead atoms. The summed E-state index contributed by atoms with van der Waals surface area (Å²) < 4.78 is 0. The van der Waals surface area contributed by atoms with E-state index in [1.54, 1.807) is 5.57 Å². The van der Waals surface area contributed by atoms with Crippen LogP contribution >= 0.6 is 0 Å². The van der Waals surface area contributed by atoms with Crippen LogP contribution in [0.25, 0.3) is 0 Å². The van der Waals surface area contributed by atoms with E-state index < -0.39 is 0 Å². The molecule has 57 valence electrons. The van der Waals surface area contributed by atoms with Gasteiger partial charge in [0.2, 0.25) is 0 Å². The van der Waals surface area contributed by atoms with Crippen LogP contribution in [-0.2, 0) is 0 Å². The lowest BCUT2D eigenvalue weighted by atomic mass is 10.1. The largest absolute Gasteiger partial charge is 0.0853 e. The van der Waals surface area contributed by atoms with Gasteiger partial charge in [-0.15, -0.1) is 0 Å². The van der Waals surface area contributed by atoms with E-state index in [4.69, 9.17) is 0 Å². The van der Waals surface area contributed by atoms with Gasteiger partial charge < -0.3 is 0 Å². The summed E-state index contributed by atoms with van der Waals surface area (Å²) in [6.07, 6.45) is 12.9. The second kappa shape index (κ2) is 4.54. The second-order valence-corrected chi connectivity index (χ2v) is 3.07. The molecule has 0 aromatic rings. The van der Waals surface area contributed by atoms with Crippen LogP contribution in [0.2, 0.25) is 0 Å². The molecule has 0 amide bonds. The van der Waals surface area contributed by atoms with Gasteiger partial charge in [-0.1, -0.05) is 25.0 Å². The van der Waals surface area contributed by atoms with Crippen molar-refractivity contribution in [1.29, 1.82) is 0 Å². The first-order valence-electron chi connectivity index (χ1n) is 4.39. The Bertz CT molecular complexity index is 111. The first kappa shape index (κ1) is 7.84. The lowest BCUT2D eigenvalue weighted by Crippen LogP contribution is -1.81. The Hall–Kier alpha value is -0.260. The summed E-state index contributed by atoms with van der Waals surface area (Å²) >= 11 is 0. The van der Waals surface area contributed by atoms with Gasteiger partial charge in [0, 0.05) is 0 Å². The van der Waals surface area contributed by atoms with E-state index in [1.807, 2.05) is 0 Å². The lowest BCUT2D eigenvalue weighted by molar-refractivity contribution is 0.706. The van der Waals surface area contributed by atoms with E-state index in [2.05, 4.69) is 19.4 Å². The monoisotopic (exact) mass is 137 g/mol. The smallest absolute Gasteiger partial charge is 0.0292 e. The van der Waals surface area contributed by atoms with Gasteiger partial charge in [0.25, 0.3) is 0 Å². The zero-order valence-corrected chi connectivity index (χ0v) is 6.90. The molecule has 1 aliphatic carbocycles. The van der Waals surface area contributed by atoms with Crippen LogP contribution < -0.4 is 0 Å². The third-order valence-electron chi connectivity index (χ3n) is 2.10. The fourth-order valence-electron chi connectivity index (χ4n) is 1.53. The molecule has 0 aliphatic heterocycles. The Kier molecular flexibility index (Phi) is 3.56. The molecule has 0 saturated carbocycles. The number of hydrogen-bond donors (Lipinski definition) is 0. The predicted octanol–water partition coefficient (Wildman–Crippen LogP) is 3.49. The Labute approximate surface area is 64.3 Å². The minimum atomic E-state index is 1.22. The Morgan fingerprint density at radius 1 is 1.40 bits per heavy atom. The van der Waals surface area contributed by atoms with Crippen molar-refractivity contribution in [1.82, 2.24) is 0 Å². The fraction of sp³-hybridized carbons (Fsp3) is 0.700. The molecule has 0 nitrogen and oxygen atoms in total. The number of hydrogen-bond acceptors (Lipinski definition) is 0. The van der Waals surface area contributed by atoms with Gasteiger partial charge in [0.05, 0.1) is 0 Å². The molecule has 0 spiro atoms. The van der Waals surface area contributed by atoms with Crippen LogP contribution in [0.1, 0.15) is 45.4 Å². The van der Waals surface area contributed by atoms with E-state index >= 15 is 0 Å². The van der Waals surface area contributed by atoms with Crippen LogP contribution in [0.15, 0.2) is 11.6 Å². The average molecular weight is 137 g/mol. The molecule has 10 heavy (non-hydrogen) atoms. The van der Waals surface area contributed by atoms with Crippen molar-refractivity contribution in [3.8, 4) is 0 Å². The molecule has 1 aliphatic rings. The van der Waals surface area contributed by atoms with Crippen molar-refractivity contribution >= 4 is 0 Å². The molecule has 0 aromatic heterocycles. The van der Waals surface area contributed by atoms with Crippen LogP contribution in [0, 0.1) is 6.42 Å². The highest BCUT2D eigenvalue weighted by atomic mass is 14.1. The van der Waals surface area contributed by atoms with Crippen molar-refractivity contribution in [3.05, 3.63) is 18.1 Å². The molecule has 0 aromatic carbocycles. The molecule has 1 rings (SSSR count). The highest BCUT2D eigenvalue weighted by Gasteiger charge is 2.00. The highest BCUT2D eigenvalue weighted by Crippen LogP contribution is 2.19. The lowest BCUT2D eigenvalue weighted by Gasteiger charge is -2.00. The molecule has 0 fully saturated rings. The Morgan fingerprint density at radius 2 is 2.30 bits per heavy atom. The van der Waals surface area contributed by atoms with Crippen LogP contribution in [0.5, 0.6) is 0 Å². The maximum Gasteiger partial charge on any atom is -0.0292 e. The van der Waals surface area contributed by atoms with E-state index in [0.29, 0.717) is 0 Å². The van der Waals surface area contributed by atoms with Gasteiger partial charge in [-0.3, -0.25) is 0 Å². The third kappa shape index (κ3) is 2.55. The molecule has 0 saturated heterocycles. The molecule has 0 unspecified atom stereocenters. The molecule has 0 heterocycles. The van der Waals surface area contributed by atoms with E-state index in [0.717, 1.165) is 0 Å². The standard InChI is InChI=1S/C10H17/c1-2-7-10-8-5-3-4-6-9-10/h2,8H,3-7,9H2,1H3. The van der Waals surface area contributed by atoms with Crippen molar-refractivity contribution in [2.75, 3.05) is 0 Å². The zero-order valence-electron chi connectivity index (χ0n) is 6.90. The van der Waals surface area contributed by atoms with Gasteiger partial charge in [0.15, 0.2) is 0 Å². The summed E-state index contributed by atoms with van der Waals surface area (Å²) in [7, 11) is 0. The van der Waals surface area contributed by atoms with Crippen molar-refractivity contribution in [2.45, 2.75) is 45.4 Å². The van der Waals surface area contributed by atoms with E-state index in [9.17, 15) is 0 Å². The zero-order chi connectivity index (χ0) is 7.23. The van der Waals surface area contributed by atoms with Crippen LogP contribution in [-0.4, -0.2) is 0 Å². The predicted molar refractivity (Wildman–Crippen MR) is 45.8 cm³/mol. The summed E-state index contributed by atoms with van der Waals surface area (Å²) in [5.41, 5.74) is 1.67. The minimum Gasteiger partial charge on any atom is -0.0853 e. The van der Waals surface area contributed by atoms with E-state index in [-0.39, 0.29) is 0 Å². The molecule has 0 atom stereocenters. The average Bonchev–Trinajstić information content (AvgIpc) is 2.17. The summed E-state index contributed by atoms with van der Waals surface area (Å²) in [5.74, 6) is 0. The molecule has 1 radical (unpaired) electrons. The summed E-state index contributed by atoms with van der Waals surface area (Å²) in [5, 5.41) is 0. The van der Waals surface area contributed by atoms with E-state index in [1.165, 1.54) is 38.5 Å². The van der Waals surface area contributed by atoms with Gasteiger partial charge in [-0.2, -0.15) is 0 Å². The molecular weight excluding hydrogens is 120 g/mol. The van der Waals surface area contributed by atoms with Gasteiger partial charge >= 0.3 is 0 Å². The summed E-state index contributed by atoms with van der Waals surface area (Å²) in [6.45, 7) is 2.14. The van der Waals surface area contributed by atoms with Crippen molar-refractivity contribution in [3.63, 3.8) is 0 Å². The number of allylic oxidation sites excluding steroid dienone is 2. The number of rotatable bonds is 2. The van der Waals surface area contributed by atoms with Crippen LogP contribution in [0.4, 0.5) is 0 Å². The molecular formula is C10H17. The topological polar surface area (TPSA) is 0 Å². The summed E-state index contributed by atoms with van der Waals surface area (Å²) in [6, 6.07) is 0. The van der Waals surface area contributed by atoms with Crippen LogP contribution in [0.3, 0.4) is 0 Å².